The molecule has 3 rings (SSSR count). The van der Waals surface area contributed by atoms with Crippen LogP contribution >= 0.6 is 11.3 Å². The molecule has 1 unspecified atom stereocenters. The van der Waals surface area contributed by atoms with Crippen LogP contribution in [0.1, 0.15) is 40.1 Å². The lowest BCUT2D eigenvalue weighted by atomic mass is 10.2. The summed E-state index contributed by atoms with van der Waals surface area (Å²) in [6.07, 6.45) is 1.36. The summed E-state index contributed by atoms with van der Waals surface area (Å²) in [6, 6.07) is 0. The van der Waals surface area contributed by atoms with E-state index in [2.05, 4.69) is 4.98 Å². The zero-order chi connectivity index (χ0) is 13.6. The Bertz CT molecular complexity index is 711. The van der Waals surface area contributed by atoms with Gasteiger partial charge in [-0.3, -0.25) is 0 Å². The largest absolute Gasteiger partial charge is 0.477 e. The molecule has 1 atom stereocenters. The molecule has 1 N–H and O–H groups in total. The predicted octanol–water partition coefficient (Wildman–Crippen LogP) is 2.11. The van der Waals surface area contributed by atoms with Crippen LogP contribution < -0.4 is 5.63 Å². The Hall–Kier alpha value is -1.73. The Balaban J connectivity index is 2.20. The Labute approximate surface area is 111 Å². The predicted molar refractivity (Wildman–Crippen MR) is 67.8 cm³/mol. The lowest BCUT2D eigenvalue weighted by molar-refractivity contribution is 0.0701. The molecule has 2 aromatic rings. The van der Waals surface area contributed by atoms with Crippen molar-refractivity contribution in [2.45, 2.75) is 25.9 Å². The van der Waals surface area contributed by atoms with Crippen molar-refractivity contribution >= 4 is 27.5 Å². The zero-order valence-electron chi connectivity index (χ0n) is 10.1. The van der Waals surface area contributed by atoms with Gasteiger partial charge in [-0.05, 0) is 25.3 Å². The van der Waals surface area contributed by atoms with E-state index in [1.807, 2.05) is 0 Å². The minimum atomic E-state index is -1.06. The number of ether oxygens (including phenoxy) is 1. The molecule has 1 aliphatic heterocycles. The van der Waals surface area contributed by atoms with Crippen molar-refractivity contribution in [2.24, 2.45) is 0 Å². The molecule has 100 valence electrons. The van der Waals surface area contributed by atoms with Gasteiger partial charge in [-0.25, -0.2) is 14.6 Å². The fraction of sp³-hybridized carbons (Fsp3) is 0.417. The molecule has 2 aromatic heterocycles. The van der Waals surface area contributed by atoms with Crippen molar-refractivity contribution in [1.82, 2.24) is 4.98 Å². The van der Waals surface area contributed by atoms with Crippen molar-refractivity contribution < 1.29 is 19.1 Å². The van der Waals surface area contributed by atoms with Gasteiger partial charge in [0.05, 0.1) is 0 Å². The molecule has 7 heteroatoms. The van der Waals surface area contributed by atoms with Crippen LogP contribution in [0, 0.1) is 6.92 Å². The standard InChI is InChI=1S/C12H11NO5S/c1-5-7-10(19-8(5)11(14)15)13-9(18-12(7)16)6-3-2-4-17-6/h6H,2-4H2,1H3,(H,14,15). The molecule has 19 heavy (non-hydrogen) atoms. The second-order valence-corrected chi connectivity index (χ2v) is 5.38. The van der Waals surface area contributed by atoms with Crippen LogP contribution in [0.5, 0.6) is 0 Å². The van der Waals surface area contributed by atoms with Gasteiger partial charge in [0.2, 0.25) is 5.89 Å². The van der Waals surface area contributed by atoms with E-state index in [0.29, 0.717) is 17.0 Å². The van der Waals surface area contributed by atoms with Crippen LogP contribution in [0.4, 0.5) is 0 Å². The molecule has 0 radical (unpaired) electrons. The summed E-state index contributed by atoms with van der Waals surface area (Å²) < 4.78 is 10.6. The number of fused-ring (bicyclic) bond motifs is 1. The lowest BCUT2D eigenvalue weighted by Gasteiger charge is -2.05. The number of aryl methyl sites for hydroxylation is 1. The van der Waals surface area contributed by atoms with Crippen LogP contribution in [0.15, 0.2) is 9.21 Å². The molecule has 0 aromatic carbocycles. The third-order valence-corrected chi connectivity index (χ3v) is 4.31. The van der Waals surface area contributed by atoms with Crippen LogP contribution in [-0.2, 0) is 4.74 Å². The summed E-state index contributed by atoms with van der Waals surface area (Å²) in [7, 11) is 0. The van der Waals surface area contributed by atoms with E-state index in [4.69, 9.17) is 14.3 Å². The second-order valence-electron chi connectivity index (χ2n) is 4.38. The van der Waals surface area contributed by atoms with E-state index in [-0.39, 0.29) is 22.3 Å². The highest BCUT2D eigenvalue weighted by atomic mass is 32.1. The van der Waals surface area contributed by atoms with Crippen molar-refractivity contribution in [3.63, 3.8) is 0 Å². The Morgan fingerprint density at radius 3 is 2.95 bits per heavy atom. The molecule has 1 saturated heterocycles. The molecular weight excluding hydrogens is 270 g/mol. The van der Waals surface area contributed by atoms with Gasteiger partial charge in [0.1, 0.15) is 21.2 Å². The monoisotopic (exact) mass is 281 g/mol. The van der Waals surface area contributed by atoms with E-state index in [9.17, 15) is 9.59 Å². The lowest BCUT2D eigenvalue weighted by Crippen LogP contribution is -2.08. The van der Waals surface area contributed by atoms with E-state index >= 15 is 0 Å². The summed E-state index contributed by atoms with van der Waals surface area (Å²) in [6.45, 7) is 2.21. The van der Waals surface area contributed by atoms with Gasteiger partial charge in [-0.2, -0.15) is 0 Å². The highest BCUT2D eigenvalue weighted by Gasteiger charge is 2.25. The SMILES string of the molecule is Cc1c(C(=O)O)sc2nc(C3CCCO3)oc(=O)c12. The number of thiophene rings is 1. The van der Waals surface area contributed by atoms with E-state index in [0.717, 1.165) is 24.2 Å². The van der Waals surface area contributed by atoms with Gasteiger partial charge < -0.3 is 14.3 Å². The van der Waals surface area contributed by atoms with Crippen LogP contribution in [0.3, 0.4) is 0 Å². The second kappa shape index (κ2) is 4.43. The van der Waals surface area contributed by atoms with Crippen LogP contribution in [-0.4, -0.2) is 22.7 Å². The first-order chi connectivity index (χ1) is 9.08. The van der Waals surface area contributed by atoms with Crippen LogP contribution in [0.2, 0.25) is 0 Å². The highest BCUT2D eigenvalue weighted by molar-refractivity contribution is 7.20. The fourth-order valence-corrected chi connectivity index (χ4v) is 3.21. The van der Waals surface area contributed by atoms with Crippen LogP contribution in [0.25, 0.3) is 10.2 Å². The van der Waals surface area contributed by atoms with Crippen molar-refractivity contribution in [1.29, 1.82) is 0 Å². The Morgan fingerprint density at radius 1 is 1.53 bits per heavy atom. The molecule has 0 saturated carbocycles. The Kier molecular flexibility index (Phi) is 2.87. The van der Waals surface area contributed by atoms with Crippen molar-refractivity contribution in [3.05, 3.63) is 26.8 Å². The van der Waals surface area contributed by atoms with Crippen molar-refractivity contribution in [3.8, 4) is 0 Å². The minimum Gasteiger partial charge on any atom is -0.477 e. The quantitative estimate of drug-likeness (QED) is 0.906. The molecule has 0 aliphatic carbocycles. The molecule has 0 spiro atoms. The molecule has 1 aliphatic rings. The van der Waals surface area contributed by atoms with E-state index in [1.165, 1.54) is 0 Å². The van der Waals surface area contributed by atoms with Gasteiger partial charge in [0.15, 0.2) is 0 Å². The van der Waals surface area contributed by atoms with E-state index in [1.54, 1.807) is 6.92 Å². The first kappa shape index (κ1) is 12.3. The molecule has 1 fully saturated rings. The number of rotatable bonds is 2. The summed E-state index contributed by atoms with van der Waals surface area (Å²) in [4.78, 5) is 27.8. The number of aromatic nitrogens is 1. The topological polar surface area (TPSA) is 89.6 Å². The Morgan fingerprint density at radius 2 is 2.32 bits per heavy atom. The number of nitrogens with zero attached hydrogens (tertiary/aromatic N) is 1. The molecule has 3 heterocycles. The summed E-state index contributed by atoms with van der Waals surface area (Å²) in [5, 5.41) is 9.32. The summed E-state index contributed by atoms with van der Waals surface area (Å²) in [5.74, 6) is -0.813. The number of aromatic carboxylic acids is 1. The molecule has 0 amide bonds. The smallest absolute Gasteiger partial charge is 0.348 e. The zero-order valence-corrected chi connectivity index (χ0v) is 11.0. The maximum atomic E-state index is 12.0. The summed E-state index contributed by atoms with van der Waals surface area (Å²) >= 11 is 0.993. The number of carbonyl (C=O) groups is 1. The maximum Gasteiger partial charge on any atom is 0.348 e. The van der Waals surface area contributed by atoms with Crippen molar-refractivity contribution in [2.75, 3.05) is 6.61 Å². The number of carboxylic acids is 1. The first-order valence-electron chi connectivity index (χ1n) is 5.87. The molecule has 0 bridgehead atoms. The normalized spacial score (nSPS) is 19.1. The van der Waals surface area contributed by atoms with Gasteiger partial charge in [0.25, 0.3) is 0 Å². The van der Waals surface area contributed by atoms with Gasteiger partial charge in [0, 0.05) is 6.61 Å². The van der Waals surface area contributed by atoms with E-state index < -0.39 is 11.6 Å². The minimum absolute atomic E-state index is 0.124. The molecule has 6 nitrogen and oxygen atoms in total. The average molecular weight is 281 g/mol. The van der Waals surface area contributed by atoms with Gasteiger partial charge in [-0.1, -0.05) is 0 Å². The number of hydrogen-bond donors (Lipinski definition) is 1. The highest BCUT2D eigenvalue weighted by Crippen LogP contribution is 2.31. The fourth-order valence-electron chi connectivity index (χ4n) is 2.20. The summed E-state index contributed by atoms with van der Waals surface area (Å²) in [5.41, 5.74) is -0.135. The number of hydrogen-bond acceptors (Lipinski definition) is 6. The first-order valence-corrected chi connectivity index (χ1v) is 6.68. The average Bonchev–Trinajstić information content (AvgIpc) is 2.96. The number of carboxylic acid groups (broad SMARTS) is 1. The van der Waals surface area contributed by atoms with Gasteiger partial charge >= 0.3 is 11.6 Å². The van der Waals surface area contributed by atoms with Gasteiger partial charge in [-0.15, -0.1) is 11.3 Å². The third kappa shape index (κ3) is 1.95. The maximum absolute atomic E-state index is 12.0. The third-order valence-electron chi connectivity index (χ3n) is 3.14. The molecular formula is C12H11NO5S.